The molecule has 0 saturated heterocycles. The number of anilines is 1. The molecule has 1 saturated carbocycles. The number of carbonyl (C=O) groups is 1. The van der Waals surface area contributed by atoms with E-state index in [9.17, 15) is 4.79 Å². The van der Waals surface area contributed by atoms with Gasteiger partial charge in [0.15, 0.2) is 17.1 Å². The van der Waals surface area contributed by atoms with Crippen molar-refractivity contribution in [1.29, 1.82) is 0 Å². The van der Waals surface area contributed by atoms with Crippen molar-refractivity contribution in [2.24, 2.45) is 13.0 Å². The molecule has 1 amide bonds. The Morgan fingerprint density at radius 1 is 1.06 bits per heavy atom. The number of aryl methyl sites for hydroxylation is 1. The lowest BCUT2D eigenvalue weighted by Gasteiger charge is -2.10. The molecular formula is C22H21N9O. The summed E-state index contributed by atoms with van der Waals surface area (Å²) in [5.74, 6) is 1.36. The number of nitrogens with one attached hydrogen (secondary N) is 1. The van der Waals surface area contributed by atoms with Gasteiger partial charge in [-0.05, 0) is 44.0 Å². The molecule has 32 heavy (non-hydrogen) atoms. The van der Waals surface area contributed by atoms with Crippen LogP contribution in [0.15, 0.2) is 49.1 Å². The van der Waals surface area contributed by atoms with Crippen LogP contribution < -0.4 is 5.32 Å². The Balaban J connectivity index is 1.33. The van der Waals surface area contributed by atoms with Crippen LogP contribution in [0.2, 0.25) is 0 Å². The van der Waals surface area contributed by atoms with Crippen molar-refractivity contribution < 1.29 is 4.79 Å². The largest absolute Gasteiger partial charge is 0.309 e. The standard InChI is InChI=1S/C22H21N9O/c1-13(17-6-8-19-24-18(12-31(19)28-17)25-22(32)14-3-4-14)21-27-26-20-7-5-15(11-30(20)21)16-9-23-29(2)10-16/h5-14H,3-4H2,1-2H3,(H,25,32). The Hall–Kier alpha value is -4.08. The molecule has 0 aliphatic heterocycles. The third-order valence-electron chi connectivity index (χ3n) is 5.84. The van der Waals surface area contributed by atoms with Gasteiger partial charge in [-0.2, -0.15) is 10.2 Å². The quantitative estimate of drug-likeness (QED) is 0.462. The third-order valence-corrected chi connectivity index (χ3v) is 5.84. The minimum atomic E-state index is -0.106. The topological polar surface area (TPSA) is 107 Å². The van der Waals surface area contributed by atoms with E-state index in [0.717, 1.165) is 41.1 Å². The number of hydrogen-bond donors (Lipinski definition) is 1. The highest BCUT2D eigenvalue weighted by Gasteiger charge is 2.30. The van der Waals surface area contributed by atoms with E-state index < -0.39 is 0 Å². The van der Waals surface area contributed by atoms with E-state index in [1.54, 1.807) is 15.4 Å². The van der Waals surface area contributed by atoms with E-state index in [2.05, 4.69) is 25.6 Å². The number of rotatable bonds is 5. The van der Waals surface area contributed by atoms with Gasteiger partial charge < -0.3 is 5.32 Å². The van der Waals surface area contributed by atoms with Crippen molar-refractivity contribution in [1.82, 2.24) is 39.0 Å². The molecule has 5 heterocycles. The van der Waals surface area contributed by atoms with Crippen LogP contribution in [-0.4, -0.2) is 44.9 Å². The number of hydrogen-bond acceptors (Lipinski definition) is 6. The summed E-state index contributed by atoms with van der Waals surface area (Å²) < 4.78 is 5.47. The second-order valence-corrected chi connectivity index (χ2v) is 8.28. The first-order valence-corrected chi connectivity index (χ1v) is 10.6. The Morgan fingerprint density at radius 3 is 2.69 bits per heavy atom. The molecule has 0 aromatic carbocycles. The average Bonchev–Trinajstić information content (AvgIpc) is 3.23. The van der Waals surface area contributed by atoms with Crippen molar-refractivity contribution in [3.05, 3.63) is 60.6 Å². The first kappa shape index (κ1) is 18.7. The molecule has 1 unspecified atom stereocenters. The predicted octanol–water partition coefficient (Wildman–Crippen LogP) is 2.67. The fourth-order valence-corrected chi connectivity index (χ4v) is 3.84. The molecule has 5 aromatic rings. The summed E-state index contributed by atoms with van der Waals surface area (Å²) in [6.45, 7) is 2.05. The van der Waals surface area contributed by atoms with Crippen molar-refractivity contribution in [3.8, 4) is 11.1 Å². The summed E-state index contributed by atoms with van der Waals surface area (Å²) in [5, 5.41) is 20.6. The van der Waals surface area contributed by atoms with Crippen molar-refractivity contribution in [2.45, 2.75) is 25.7 Å². The predicted molar refractivity (Wildman–Crippen MR) is 117 cm³/mol. The Labute approximate surface area is 182 Å². The van der Waals surface area contributed by atoms with Crippen LogP contribution in [0.4, 0.5) is 5.82 Å². The second kappa shape index (κ2) is 6.98. The summed E-state index contributed by atoms with van der Waals surface area (Å²) in [5.41, 5.74) is 4.34. The molecule has 6 rings (SSSR count). The van der Waals surface area contributed by atoms with E-state index in [1.165, 1.54) is 0 Å². The van der Waals surface area contributed by atoms with E-state index in [-0.39, 0.29) is 17.7 Å². The normalized spacial score (nSPS) is 14.8. The molecule has 0 bridgehead atoms. The number of aromatic nitrogens is 8. The molecule has 1 aliphatic carbocycles. The Bertz CT molecular complexity index is 1470. The van der Waals surface area contributed by atoms with E-state index >= 15 is 0 Å². The van der Waals surface area contributed by atoms with Crippen LogP contribution in [0.3, 0.4) is 0 Å². The summed E-state index contributed by atoms with van der Waals surface area (Å²) in [7, 11) is 1.90. The van der Waals surface area contributed by atoms with Gasteiger partial charge in [0.2, 0.25) is 5.91 Å². The molecule has 1 atom stereocenters. The third kappa shape index (κ3) is 3.20. The number of nitrogens with zero attached hydrogens (tertiary/aromatic N) is 8. The zero-order valence-electron chi connectivity index (χ0n) is 17.7. The highest BCUT2D eigenvalue weighted by atomic mass is 16.2. The number of carbonyl (C=O) groups excluding carboxylic acids is 1. The zero-order chi connectivity index (χ0) is 21.8. The van der Waals surface area contributed by atoms with Crippen LogP contribution in [0, 0.1) is 5.92 Å². The van der Waals surface area contributed by atoms with Gasteiger partial charge in [-0.1, -0.05) is 0 Å². The maximum atomic E-state index is 12.0. The van der Waals surface area contributed by atoms with Gasteiger partial charge in [-0.3, -0.25) is 13.9 Å². The molecule has 5 aromatic heterocycles. The second-order valence-electron chi connectivity index (χ2n) is 8.28. The number of pyridine rings is 1. The van der Waals surface area contributed by atoms with Gasteiger partial charge in [0, 0.05) is 36.5 Å². The van der Waals surface area contributed by atoms with Crippen LogP contribution in [-0.2, 0) is 11.8 Å². The maximum absolute atomic E-state index is 12.0. The van der Waals surface area contributed by atoms with Crippen LogP contribution in [0.5, 0.6) is 0 Å². The van der Waals surface area contributed by atoms with Gasteiger partial charge in [-0.15, -0.1) is 10.2 Å². The smallest absolute Gasteiger partial charge is 0.228 e. The number of imidazole rings is 1. The summed E-state index contributed by atoms with van der Waals surface area (Å²) in [6, 6.07) is 7.80. The SMILES string of the molecule is CC(c1ccc2nc(NC(=O)C3CC3)cn2n1)c1nnc2ccc(-c3cnn(C)c3)cn12. The van der Waals surface area contributed by atoms with Crippen LogP contribution in [0.1, 0.15) is 37.2 Å². The van der Waals surface area contributed by atoms with Crippen molar-refractivity contribution in [3.63, 3.8) is 0 Å². The summed E-state index contributed by atoms with van der Waals surface area (Å²) in [6.07, 6.45) is 9.49. The molecule has 0 radical (unpaired) electrons. The van der Waals surface area contributed by atoms with Crippen molar-refractivity contribution in [2.75, 3.05) is 5.32 Å². The average molecular weight is 427 g/mol. The van der Waals surface area contributed by atoms with E-state index in [4.69, 9.17) is 5.10 Å². The molecular weight excluding hydrogens is 406 g/mol. The molecule has 1 fully saturated rings. The Kier molecular flexibility index (Phi) is 4.07. The maximum Gasteiger partial charge on any atom is 0.228 e. The van der Waals surface area contributed by atoms with Gasteiger partial charge in [-0.25, -0.2) is 9.50 Å². The fraction of sp³-hybridized carbons (Fsp3) is 0.273. The molecule has 0 spiro atoms. The first-order chi connectivity index (χ1) is 15.5. The van der Waals surface area contributed by atoms with Crippen LogP contribution >= 0.6 is 0 Å². The summed E-state index contributed by atoms with van der Waals surface area (Å²) >= 11 is 0. The van der Waals surface area contributed by atoms with E-state index in [1.807, 2.05) is 61.2 Å². The molecule has 10 nitrogen and oxygen atoms in total. The molecule has 10 heteroatoms. The number of fused-ring (bicyclic) bond motifs is 2. The molecule has 160 valence electrons. The highest BCUT2D eigenvalue weighted by molar-refractivity contribution is 5.93. The van der Waals surface area contributed by atoms with Crippen LogP contribution in [0.25, 0.3) is 22.4 Å². The fourth-order valence-electron chi connectivity index (χ4n) is 3.84. The highest BCUT2D eigenvalue weighted by Crippen LogP contribution is 2.30. The number of amides is 1. The molecule has 1 aliphatic rings. The van der Waals surface area contributed by atoms with E-state index in [0.29, 0.717) is 11.5 Å². The zero-order valence-corrected chi connectivity index (χ0v) is 17.7. The lowest BCUT2D eigenvalue weighted by molar-refractivity contribution is -0.117. The monoisotopic (exact) mass is 427 g/mol. The Morgan fingerprint density at radius 2 is 1.91 bits per heavy atom. The lowest BCUT2D eigenvalue weighted by atomic mass is 10.1. The molecule has 1 N–H and O–H groups in total. The van der Waals surface area contributed by atoms with Gasteiger partial charge >= 0.3 is 0 Å². The first-order valence-electron chi connectivity index (χ1n) is 10.6. The van der Waals surface area contributed by atoms with Crippen molar-refractivity contribution >= 4 is 23.0 Å². The van der Waals surface area contributed by atoms with Gasteiger partial charge in [0.1, 0.15) is 5.82 Å². The minimum Gasteiger partial charge on any atom is -0.309 e. The lowest BCUT2D eigenvalue weighted by Crippen LogP contribution is -2.13. The summed E-state index contributed by atoms with van der Waals surface area (Å²) in [4.78, 5) is 16.5. The van der Waals surface area contributed by atoms with Gasteiger partial charge in [0.05, 0.1) is 24.0 Å². The minimum absolute atomic E-state index is 0.0290. The van der Waals surface area contributed by atoms with Gasteiger partial charge in [0.25, 0.3) is 0 Å².